The molecular weight excluding hydrogens is 442 g/mol. The van der Waals surface area contributed by atoms with E-state index in [1.807, 2.05) is 4.98 Å². The second kappa shape index (κ2) is 7.84. The number of benzene rings is 1. The number of aromatic amines is 1. The number of carbonyl (C=O) groups is 1. The molecule has 6 nitrogen and oxygen atoms in total. The van der Waals surface area contributed by atoms with Gasteiger partial charge in [0.1, 0.15) is 17.2 Å². The zero-order valence-corrected chi connectivity index (χ0v) is 16.1. The lowest BCUT2D eigenvalue weighted by atomic mass is 10.0. The van der Waals surface area contributed by atoms with Gasteiger partial charge in [-0.15, -0.1) is 0 Å². The van der Waals surface area contributed by atoms with Crippen molar-refractivity contribution in [2.24, 2.45) is 0 Å². The van der Waals surface area contributed by atoms with Crippen molar-refractivity contribution in [3.63, 3.8) is 0 Å². The number of amides is 1. The molecule has 3 aromatic rings. The van der Waals surface area contributed by atoms with Gasteiger partial charge in [-0.1, -0.05) is 0 Å². The fraction of sp³-hybridized carbons (Fsp3) is 0.250. The minimum Gasteiger partial charge on any atom is -0.456 e. The number of nitrogens with zero attached hydrogens (tertiary/aromatic N) is 3. The highest BCUT2D eigenvalue weighted by atomic mass is 19.4. The van der Waals surface area contributed by atoms with Gasteiger partial charge in [-0.05, 0) is 42.3 Å². The minimum atomic E-state index is -4.68. The summed E-state index contributed by atoms with van der Waals surface area (Å²) in [5.41, 5.74) is 0.236. The van der Waals surface area contributed by atoms with Gasteiger partial charge in [-0.25, -0.2) is 4.98 Å². The van der Waals surface area contributed by atoms with Crippen LogP contribution in [0.5, 0.6) is 11.5 Å². The van der Waals surface area contributed by atoms with Crippen molar-refractivity contribution in [3.05, 3.63) is 71.1 Å². The van der Waals surface area contributed by atoms with Crippen LogP contribution in [-0.4, -0.2) is 32.3 Å². The summed E-state index contributed by atoms with van der Waals surface area (Å²) in [5.74, 6) is -1.37. The summed E-state index contributed by atoms with van der Waals surface area (Å²) < 4.78 is 81.6. The molecule has 1 N–H and O–H groups in total. The molecule has 168 valence electrons. The van der Waals surface area contributed by atoms with Gasteiger partial charge >= 0.3 is 12.4 Å². The van der Waals surface area contributed by atoms with Crippen molar-refractivity contribution in [2.45, 2.75) is 25.3 Å². The van der Waals surface area contributed by atoms with E-state index in [2.05, 4.69) is 9.97 Å². The van der Waals surface area contributed by atoms with Crippen LogP contribution in [0.25, 0.3) is 0 Å². The molecule has 0 spiro atoms. The zero-order chi connectivity index (χ0) is 23.1. The second-order valence-electron chi connectivity index (χ2n) is 7.02. The Kier molecular flexibility index (Phi) is 5.31. The maximum absolute atomic E-state index is 12.7. The Morgan fingerprint density at radius 3 is 2.31 bits per heavy atom. The molecule has 1 aliphatic rings. The van der Waals surface area contributed by atoms with Crippen LogP contribution in [0.1, 0.15) is 33.1 Å². The van der Waals surface area contributed by atoms with Gasteiger partial charge < -0.3 is 14.6 Å². The molecule has 2 aromatic heterocycles. The van der Waals surface area contributed by atoms with Gasteiger partial charge in [-0.3, -0.25) is 9.78 Å². The number of alkyl halides is 6. The Bertz CT molecular complexity index is 1140. The Labute approximate surface area is 176 Å². The Morgan fingerprint density at radius 1 is 0.969 bits per heavy atom. The van der Waals surface area contributed by atoms with E-state index in [1.54, 1.807) is 6.07 Å². The number of nitrogens with one attached hydrogen (secondary N) is 1. The molecule has 0 radical (unpaired) electrons. The highest BCUT2D eigenvalue weighted by Crippen LogP contribution is 2.32. The third-order valence-electron chi connectivity index (χ3n) is 4.81. The average molecular weight is 456 g/mol. The topological polar surface area (TPSA) is 71.1 Å². The molecule has 4 rings (SSSR count). The predicted octanol–water partition coefficient (Wildman–Crippen LogP) is 4.83. The largest absolute Gasteiger partial charge is 0.456 e. The molecule has 0 unspecified atom stereocenters. The van der Waals surface area contributed by atoms with Crippen LogP contribution in [0.15, 0.2) is 42.7 Å². The summed E-state index contributed by atoms with van der Waals surface area (Å²) in [7, 11) is 0. The maximum Gasteiger partial charge on any atom is 0.449 e. The number of fused-ring (bicyclic) bond motifs is 1. The van der Waals surface area contributed by atoms with Crippen molar-refractivity contribution < 1.29 is 35.9 Å². The first-order valence-electron chi connectivity index (χ1n) is 9.25. The molecule has 0 bridgehead atoms. The molecule has 0 fully saturated rings. The first kappa shape index (κ1) is 21.7. The van der Waals surface area contributed by atoms with Gasteiger partial charge in [0.15, 0.2) is 0 Å². The van der Waals surface area contributed by atoms with Gasteiger partial charge in [0.25, 0.3) is 5.91 Å². The summed E-state index contributed by atoms with van der Waals surface area (Å²) in [6.07, 6.45) is -6.55. The van der Waals surface area contributed by atoms with Crippen LogP contribution in [-0.2, 0) is 25.3 Å². The third-order valence-corrected chi connectivity index (χ3v) is 4.81. The summed E-state index contributed by atoms with van der Waals surface area (Å²) in [6.45, 7) is 0.312. The number of hydrogen-bond acceptors (Lipinski definition) is 4. The van der Waals surface area contributed by atoms with E-state index in [0.717, 1.165) is 23.9 Å². The standard InChI is InChI=1S/C20H14F6N4O2/c21-19(22,23)12-1-3-13(4-2-12)32-14-7-11-5-6-30(10-16(11)27-8-14)17(31)15-9-28-18(29-15)20(24,25)26/h1-4,7-9H,5-6,10H2,(H,28,29). The van der Waals surface area contributed by atoms with E-state index in [9.17, 15) is 31.1 Å². The number of halogens is 6. The number of aromatic nitrogens is 3. The number of carbonyl (C=O) groups excluding carboxylic acids is 1. The summed E-state index contributed by atoms with van der Waals surface area (Å²) in [6, 6.07) is 5.87. The second-order valence-corrected chi connectivity index (χ2v) is 7.02. The van der Waals surface area contributed by atoms with Gasteiger partial charge in [-0.2, -0.15) is 26.3 Å². The van der Waals surface area contributed by atoms with Crippen LogP contribution in [0.2, 0.25) is 0 Å². The number of H-pyrrole nitrogens is 1. The summed E-state index contributed by atoms with van der Waals surface area (Å²) in [5, 5.41) is 0. The number of hydrogen-bond donors (Lipinski definition) is 1. The lowest BCUT2D eigenvalue weighted by Crippen LogP contribution is -2.36. The van der Waals surface area contributed by atoms with E-state index in [0.29, 0.717) is 17.9 Å². The highest BCUT2D eigenvalue weighted by Gasteiger charge is 2.36. The third kappa shape index (κ3) is 4.53. The number of imidazole rings is 1. The van der Waals surface area contributed by atoms with Gasteiger partial charge in [0, 0.05) is 6.54 Å². The molecule has 12 heteroatoms. The van der Waals surface area contributed by atoms with Crippen molar-refractivity contribution in [1.82, 2.24) is 19.9 Å². The van der Waals surface area contributed by atoms with E-state index in [1.165, 1.54) is 23.2 Å². The average Bonchev–Trinajstić information content (AvgIpc) is 3.23. The van der Waals surface area contributed by atoms with Gasteiger partial charge in [0.05, 0.1) is 30.2 Å². The first-order valence-corrected chi connectivity index (χ1v) is 9.25. The highest BCUT2D eigenvalue weighted by molar-refractivity contribution is 5.92. The molecule has 3 heterocycles. The molecule has 1 amide bonds. The van der Waals surface area contributed by atoms with Crippen LogP contribution in [0.4, 0.5) is 26.3 Å². The first-order chi connectivity index (χ1) is 15.0. The molecule has 0 saturated carbocycles. The monoisotopic (exact) mass is 456 g/mol. The van der Waals surface area contributed by atoms with Crippen molar-refractivity contribution >= 4 is 5.91 Å². The van der Waals surface area contributed by atoms with Crippen LogP contribution in [0.3, 0.4) is 0 Å². The fourth-order valence-electron chi connectivity index (χ4n) is 3.21. The molecule has 0 aliphatic carbocycles. The Morgan fingerprint density at radius 2 is 1.69 bits per heavy atom. The number of pyridine rings is 1. The van der Waals surface area contributed by atoms with E-state index >= 15 is 0 Å². The van der Waals surface area contributed by atoms with Crippen LogP contribution < -0.4 is 4.74 Å². The Balaban J connectivity index is 1.44. The van der Waals surface area contributed by atoms with E-state index < -0.39 is 29.6 Å². The molecule has 1 aliphatic heterocycles. The van der Waals surface area contributed by atoms with Crippen LogP contribution >= 0.6 is 0 Å². The number of rotatable bonds is 3. The summed E-state index contributed by atoms with van der Waals surface area (Å²) >= 11 is 0. The molecular formula is C20H14F6N4O2. The molecule has 1 aromatic carbocycles. The van der Waals surface area contributed by atoms with Crippen molar-refractivity contribution in [1.29, 1.82) is 0 Å². The van der Waals surface area contributed by atoms with Crippen molar-refractivity contribution in [3.8, 4) is 11.5 Å². The smallest absolute Gasteiger partial charge is 0.449 e. The summed E-state index contributed by atoms with van der Waals surface area (Å²) in [4.78, 5) is 23.3. The lowest BCUT2D eigenvalue weighted by Gasteiger charge is -2.27. The fourth-order valence-corrected chi connectivity index (χ4v) is 3.21. The zero-order valence-electron chi connectivity index (χ0n) is 16.1. The predicted molar refractivity (Wildman–Crippen MR) is 97.8 cm³/mol. The molecule has 32 heavy (non-hydrogen) atoms. The van der Waals surface area contributed by atoms with Gasteiger partial charge in [0.2, 0.25) is 5.82 Å². The normalized spacial score (nSPS) is 14.2. The van der Waals surface area contributed by atoms with E-state index in [-0.39, 0.29) is 24.5 Å². The van der Waals surface area contributed by atoms with Crippen LogP contribution in [0, 0.1) is 0 Å². The number of ether oxygens (including phenoxy) is 1. The Hall–Kier alpha value is -3.57. The van der Waals surface area contributed by atoms with E-state index in [4.69, 9.17) is 4.74 Å². The maximum atomic E-state index is 12.7. The molecule has 0 atom stereocenters. The minimum absolute atomic E-state index is 0.0785. The SMILES string of the molecule is O=C(c1cnc(C(F)(F)F)[nH]1)N1CCc2cc(Oc3ccc(C(F)(F)F)cc3)cnc2C1. The lowest BCUT2D eigenvalue weighted by molar-refractivity contribution is -0.144. The van der Waals surface area contributed by atoms with Crippen molar-refractivity contribution in [2.75, 3.05) is 6.54 Å². The quantitative estimate of drug-likeness (QED) is 0.573. The molecule has 0 saturated heterocycles.